The van der Waals surface area contributed by atoms with Crippen molar-refractivity contribution in [3.63, 3.8) is 0 Å². The summed E-state index contributed by atoms with van der Waals surface area (Å²) >= 11 is 1.69. The second-order valence-electron chi connectivity index (χ2n) is 5.10. The van der Waals surface area contributed by atoms with E-state index in [4.69, 9.17) is 10.8 Å². The number of rotatable bonds is 9. The summed E-state index contributed by atoms with van der Waals surface area (Å²) in [6.45, 7) is 4.97. The molecule has 4 nitrogen and oxygen atoms in total. The first-order valence-electron chi connectivity index (χ1n) is 6.06. The van der Waals surface area contributed by atoms with E-state index < -0.39 is 6.04 Å². The molecule has 0 rings (SSSR count). The number of nitrogens with two attached hydrogens (primary N) is 1. The number of aliphatic hydroxyl groups excluding tert-OH is 1. The molecule has 0 spiro atoms. The van der Waals surface area contributed by atoms with Crippen LogP contribution in [-0.2, 0) is 4.79 Å². The zero-order chi connectivity index (χ0) is 13.3. The molecule has 0 aromatic carbocycles. The lowest BCUT2D eigenvalue weighted by Crippen LogP contribution is -2.44. The molecule has 0 aliphatic carbocycles. The van der Waals surface area contributed by atoms with E-state index in [0.29, 0.717) is 13.0 Å². The lowest BCUT2D eigenvalue weighted by atomic mass is 9.88. The van der Waals surface area contributed by atoms with E-state index in [1.807, 2.05) is 6.26 Å². The molecular weight excluding hydrogens is 236 g/mol. The Balaban J connectivity index is 3.88. The minimum absolute atomic E-state index is 0.0115. The maximum Gasteiger partial charge on any atom is 0.236 e. The van der Waals surface area contributed by atoms with Gasteiger partial charge in [-0.15, -0.1) is 0 Å². The van der Waals surface area contributed by atoms with Gasteiger partial charge < -0.3 is 16.2 Å². The molecule has 1 amide bonds. The van der Waals surface area contributed by atoms with Crippen LogP contribution in [-0.4, -0.2) is 42.2 Å². The van der Waals surface area contributed by atoms with Crippen molar-refractivity contribution >= 4 is 17.7 Å². The number of hydrogen-bond donors (Lipinski definition) is 3. The first-order valence-corrected chi connectivity index (χ1v) is 7.45. The molecule has 102 valence electrons. The number of thioether (sulfide) groups is 1. The molecule has 0 aromatic heterocycles. The third-order valence-electron chi connectivity index (χ3n) is 2.72. The van der Waals surface area contributed by atoms with E-state index in [-0.39, 0.29) is 17.9 Å². The molecule has 0 aliphatic rings. The first kappa shape index (κ1) is 16.7. The fourth-order valence-corrected chi connectivity index (χ4v) is 1.97. The van der Waals surface area contributed by atoms with Crippen LogP contribution in [0.2, 0.25) is 0 Å². The Kier molecular flexibility index (Phi) is 8.64. The highest BCUT2D eigenvalue weighted by Crippen LogP contribution is 2.20. The largest absolute Gasteiger partial charge is 0.396 e. The summed E-state index contributed by atoms with van der Waals surface area (Å²) in [6, 6.07) is -0.406. The smallest absolute Gasteiger partial charge is 0.236 e. The normalized spacial score (nSPS) is 13.5. The standard InChI is InChI=1S/C12H26N2O2S/c1-12(2,6-4-7-15)9-14-11(16)10(13)5-8-17-3/h10,15H,4-9,13H2,1-3H3,(H,14,16)/t10-/m1/s1. The van der Waals surface area contributed by atoms with Crippen LogP contribution in [0.25, 0.3) is 0 Å². The molecular formula is C12H26N2O2S. The summed E-state index contributed by atoms with van der Waals surface area (Å²) in [4.78, 5) is 11.7. The SMILES string of the molecule is CSCC[C@@H](N)C(=O)NCC(C)(C)CCCO. The molecule has 4 N–H and O–H groups in total. The average Bonchev–Trinajstić information content (AvgIpc) is 2.30. The molecule has 17 heavy (non-hydrogen) atoms. The van der Waals surface area contributed by atoms with Crippen LogP contribution in [0, 0.1) is 5.41 Å². The van der Waals surface area contributed by atoms with Crippen molar-refractivity contribution in [1.29, 1.82) is 0 Å². The highest BCUT2D eigenvalue weighted by molar-refractivity contribution is 7.98. The maximum atomic E-state index is 11.7. The summed E-state index contributed by atoms with van der Waals surface area (Å²) in [5.41, 5.74) is 5.78. The van der Waals surface area contributed by atoms with Crippen LogP contribution < -0.4 is 11.1 Å². The molecule has 1 atom stereocenters. The third-order valence-corrected chi connectivity index (χ3v) is 3.37. The van der Waals surface area contributed by atoms with Crippen molar-refractivity contribution in [3.05, 3.63) is 0 Å². The van der Waals surface area contributed by atoms with Gasteiger partial charge in [-0.05, 0) is 36.7 Å². The van der Waals surface area contributed by atoms with Crippen molar-refractivity contribution in [3.8, 4) is 0 Å². The van der Waals surface area contributed by atoms with Gasteiger partial charge in [0.1, 0.15) is 0 Å². The number of nitrogens with one attached hydrogen (secondary N) is 1. The van der Waals surface area contributed by atoms with Gasteiger partial charge in [0, 0.05) is 13.2 Å². The van der Waals surface area contributed by atoms with Gasteiger partial charge in [0.15, 0.2) is 0 Å². The van der Waals surface area contributed by atoms with Crippen LogP contribution >= 0.6 is 11.8 Å². The number of carbonyl (C=O) groups excluding carboxylic acids is 1. The van der Waals surface area contributed by atoms with Gasteiger partial charge in [0.05, 0.1) is 6.04 Å². The summed E-state index contributed by atoms with van der Waals surface area (Å²) in [5, 5.41) is 11.7. The fraction of sp³-hybridized carbons (Fsp3) is 0.917. The lowest BCUT2D eigenvalue weighted by molar-refractivity contribution is -0.122. The topological polar surface area (TPSA) is 75.4 Å². The van der Waals surface area contributed by atoms with Gasteiger partial charge >= 0.3 is 0 Å². The Hall–Kier alpha value is -0.260. The first-order chi connectivity index (χ1) is 7.93. The van der Waals surface area contributed by atoms with Crippen LogP contribution in [0.5, 0.6) is 0 Å². The number of hydrogen-bond acceptors (Lipinski definition) is 4. The number of carbonyl (C=O) groups is 1. The summed E-state index contributed by atoms with van der Waals surface area (Å²) in [5.74, 6) is 0.832. The van der Waals surface area contributed by atoms with E-state index in [2.05, 4.69) is 19.2 Å². The van der Waals surface area contributed by atoms with Crippen LogP contribution in [0.15, 0.2) is 0 Å². The zero-order valence-corrected chi connectivity index (χ0v) is 12.0. The van der Waals surface area contributed by atoms with Gasteiger partial charge in [0.25, 0.3) is 0 Å². The van der Waals surface area contributed by atoms with Crippen LogP contribution in [0.4, 0.5) is 0 Å². The Morgan fingerprint density at radius 2 is 2.18 bits per heavy atom. The summed E-state index contributed by atoms with van der Waals surface area (Å²) < 4.78 is 0. The molecule has 0 heterocycles. The molecule has 0 aromatic rings. The van der Waals surface area contributed by atoms with E-state index in [1.165, 1.54) is 0 Å². The number of amides is 1. The Morgan fingerprint density at radius 1 is 1.53 bits per heavy atom. The Morgan fingerprint density at radius 3 is 2.71 bits per heavy atom. The maximum absolute atomic E-state index is 11.7. The predicted octanol–water partition coefficient (Wildman–Crippen LogP) is 0.982. The third kappa shape index (κ3) is 8.46. The van der Waals surface area contributed by atoms with Gasteiger partial charge in [-0.3, -0.25) is 4.79 Å². The second kappa shape index (κ2) is 8.78. The van der Waals surface area contributed by atoms with Crippen LogP contribution in [0.3, 0.4) is 0 Å². The molecule has 0 aliphatic heterocycles. The van der Waals surface area contributed by atoms with E-state index in [1.54, 1.807) is 11.8 Å². The van der Waals surface area contributed by atoms with E-state index in [0.717, 1.165) is 18.6 Å². The summed E-state index contributed by atoms with van der Waals surface area (Å²) in [7, 11) is 0. The van der Waals surface area contributed by atoms with Crippen molar-refractivity contribution in [2.45, 2.75) is 39.2 Å². The van der Waals surface area contributed by atoms with Gasteiger partial charge in [-0.2, -0.15) is 11.8 Å². The molecule has 0 radical (unpaired) electrons. The Bertz CT molecular complexity index is 223. The van der Waals surface area contributed by atoms with Crippen molar-refractivity contribution in [2.75, 3.05) is 25.2 Å². The minimum atomic E-state index is -0.406. The average molecular weight is 262 g/mol. The van der Waals surface area contributed by atoms with Crippen molar-refractivity contribution in [2.24, 2.45) is 11.1 Å². The molecule has 0 fully saturated rings. The van der Waals surface area contributed by atoms with Gasteiger partial charge in [0.2, 0.25) is 5.91 Å². The second-order valence-corrected chi connectivity index (χ2v) is 6.08. The van der Waals surface area contributed by atoms with Crippen molar-refractivity contribution in [1.82, 2.24) is 5.32 Å². The minimum Gasteiger partial charge on any atom is -0.396 e. The quantitative estimate of drug-likeness (QED) is 0.579. The highest BCUT2D eigenvalue weighted by Gasteiger charge is 2.20. The molecule has 0 bridgehead atoms. The number of aliphatic hydroxyl groups is 1. The van der Waals surface area contributed by atoms with Crippen molar-refractivity contribution < 1.29 is 9.90 Å². The Labute approximate surface area is 109 Å². The summed E-state index contributed by atoms with van der Waals surface area (Å²) in [6.07, 6.45) is 4.37. The molecule has 0 saturated heterocycles. The molecule has 0 unspecified atom stereocenters. The molecule has 5 heteroatoms. The monoisotopic (exact) mass is 262 g/mol. The lowest BCUT2D eigenvalue weighted by Gasteiger charge is -2.25. The van der Waals surface area contributed by atoms with E-state index >= 15 is 0 Å². The van der Waals surface area contributed by atoms with Gasteiger partial charge in [-0.25, -0.2) is 0 Å². The zero-order valence-electron chi connectivity index (χ0n) is 11.2. The predicted molar refractivity (Wildman–Crippen MR) is 74.1 cm³/mol. The fourth-order valence-electron chi connectivity index (χ4n) is 1.48. The van der Waals surface area contributed by atoms with Gasteiger partial charge in [-0.1, -0.05) is 13.8 Å². The highest BCUT2D eigenvalue weighted by atomic mass is 32.2. The molecule has 0 saturated carbocycles. The van der Waals surface area contributed by atoms with E-state index in [9.17, 15) is 4.79 Å². The van der Waals surface area contributed by atoms with Crippen LogP contribution in [0.1, 0.15) is 33.1 Å².